The Morgan fingerprint density at radius 3 is 2.60 bits per heavy atom. The van der Waals surface area contributed by atoms with Gasteiger partial charge < -0.3 is 14.6 Å². The molecule has 30 heavy (non-hydrogen) atoms. The molecule has 3 heterocycles. The fourth-order valence-electron chi connectivity index (χ4n) is 3.86. The minimum atomic E-state index is 0.0607. The number of morpholine rings is 1. The maximum absolute atomic E-state index is 9.27. The molecular weight excluding hydrogens is 382 g/mol. The van der Waals surface area contributed by atoms with Gasteiger partial charge in [-0.25, -0.2) is 4.98 Å². The number of imidazole rings is 1. The van der Waals surface area contributed by atoms with Crippen LogP contribution < -0.4 is 4.74 Å². The molecular formula is C22H29N5O3. The summed E-state index contributed by atoms with van der Waals surface area (Å²) in [5, 5.41) is 13.8. The second kappa shape index (κ2) is 9.42. The van der Waals surface area contributed by atoms with Gasteiger partial charge >= 0.3 is 0 Å². The summed E-state index contributed by atoms with van der Waals surface area (Å²) in [6.07, 6.45) is 3.74. The summed E-state index contributed by atoms with van der Waals surface area (Å²) >= 11 is 0. The third-order valence-electron chi connectivity index (χ3n) is 5.43. The van der Waals surface area contributed by atoms with Crippen molar-refractivity contribution >= 4 is 0 Å². The second-order valence-corrected chi connectivity index (χ2v) is 7.41. The van der Waals surface area contributed by atoms with Crippen LogP contribution in [0.2, 0.25) is 0 Å². The minimum Gasteiger partial charge on any atom is -0.492 e. The van der Waals surface area contributed by atoms with Crippen molar-refractivity contribution in [2.45, 2.75) is 20.4 Å². The van der Waals surface area contributed by atoms with E-state index >= 15 is 0 Å². The largest absolute Gasteiger partial charge is 0.492 e. The smallest absolute Gasteiger partial charge is 0.144 e. The third-order valence-corrected chi connectivity index (χ3v) is 5.43. The van der Waals surface area contributed by atoms with Crippen molar-refractivity contribution in [1.29, 1.82) is 0 Å². The van der Waals surface area contributed by atoms with Crippen molar-refractivity contribution in [1.82, 2.24) is 24.2 Å². The predicted molar refractivity (Wildman–Crippen MR) is 114 cm³/mol. The lowest BCUT2D eigenvalue weighted by Crippen LogP contribution is -2.38. The van der Waals surface area contributed by atoms with Crippen LogP contribution in [0.4, 0.5) is 0 Å². The Morgan fingerprint density at radius 1 is 1.10 bits per heavy atom. The average molecular weight is 412 g/mol. The van der Waals surface area contributed by atoms with E-state index in [1.165, 1.54) is 0 Å². The lowest BCUT2D eigenvalue weighted by atomic mass is 10.2. The third kappa shape index (κ3) is 4.40. The standard InChI is InChI=1S/C22H29N5O3/c1-17-21(18(2)27(24-17)9-13-28)26-8-7-23-22(26)19-3-5-20(6-4-19)30-16-12-25-10-14-29-15-11-25/h3-8,28H,9-16H2,1-2H3. The highest BCUT2D eigenvalue weighted by atomic mass is 16.5. The van der Waals surface area contributed by atoms with Crippen LogP contribution in [0.5, 0.6) is 5.75 Å². The fourth-order valence-corrected chi connectivity index (χ4v) is 3.86. The monoisotopic (exact) mass is 411 g/mol. The number of ether oxygens (including phenoxy) is 2. The first-order chi connectivity index (χ1) is 14.7. The Morgan fingerprint density at radius 2 is 1.87 bits per heavy atom. The molecule has 0 atom stereocenters. The summed E-state index contributed by atoms with van der Waals surface area (Å²) in [5.74, 6) is 1.71. The van der Waals surface area contributed by atoms with Crippen molar-refractivity contribution in [2.24, 2.45) is 0 Å². The van der Waals surface area contributed by atoms with E-state index in [0.29, 0.717) is 13.2 Å². The normalized spacial score (nSPS) is 14.9. The zero-order valence-electron chi connectivity index (χ0n) is 17.6. The first kappa shape index (κ1) is 20.6. The van der Waals surface area contributed by atoms with E-state index in [1.807, 2.05) is 49.0 Å². The summed E-state index contributed by atoms with van der Waals surface area (Å²) in [6, 6.07) is 8.04. The van der Waals surface area contributed by atoms with Gasteiger partial charge in [-0.05, 0) is 38.1 Å². The number of rotatable bonds is 8. The lowest BCUT2D eigenvalue weighted by molar-refractivity contribution is 0.0322. The summed E-state index contributed by atoms with van der Waals surface area (Å²) in [4.78, 5) is 6.93. The number of aliphatic hydroxyl groups excluding tert-OH is 1. The molecule has 4 rings (SSSR count). The van der Waals surface area contributed by atoms with Crippen LogP contribution >= 0.6 is 0 Å². The SMILES string of the molecule is Cc1nn(CCO)c(C)c1-n1ccnc1-c1ccc(OCCN2CCOCC2)cc1. The van der Waals surface area contributed by atoms with Gasteiger partial charge in [0.25, 0.3) is 0 Å². The van der Waals surface area contributed by atoms with E-state index in [9.17, 15) is 5.11 Å². The van der Waals surface area contributed by atoms with Crippen molar-refractivity contribution in [2.75, 3.05) is 46.1 Å². The molecule has 0 amide bonds. The van der Waals surface area contributed by atoms with Crippen molar-refractivity contribution in [3.63, 3.8) is 0 Å². The molecule has 0 spiro atoms. The van der Waals surface area contributed by atoms with Crippen LogP contribution in [0.3, 0.4) is 0 Å². The number of hydrogen-bond donors (Lipinski definition) is 1. The van der Waals surface area contributed by atoms with Crippen LogP contribution in [-0.2, 0) is 11.3 Å². The van der Waals surface area contributed by atoms with Gasteiger partial charge in [-0.3, -0.25) is 14.1 Å². The fraction of sp³-hybridized carbons (Fsp3) is 0.455. The minimum absolute atomic E-state index is 0.0607. The van der Waals surface area contributed by atoms with E-state index < -0.39 is 0 Å². The number of benzene rings is 1. The van der Waals surface area contributed by atoms with Crippen LogP contribution in [0.1, 0.15) is 11.4 Å². The molecule has 3 aromatic rings. The highest BCUT2D eigenvalue weighted by Crippen LogP contribution is 2.27. The van der Waals surface area contributed by atoms with Crippen LogP contribution in [0, 0.1) is 13.8 Å². The number of hydrogen-bond acceptors (Lipinski definition) is 6. The van der Waals surface area contributed by atoms with E-state index in [1.54, 1.807) is 6.20 Å². The average Bonchev–Trinajstić information content (AvgIpc) is 3.34. The van der Waals surface area contributed by atoms with Gasteiger partial charge in [0.2, 0.25) is 0 Å². The molecule has 0 unspecified atom stereocenters. The van der Waals surface area contributed by atoms with Gasteiger partial charge in [0, 0.05) is 37.6 Å². The van der Waals surface area contributed by atoms with Crippen LogP contribution in [-0.4, -0.2) is 75.4 Å². The van der Waals surface area contributed by atoms with Gasteiger partial charge in [0.05, 0.1) is 43.4 Å². The molecule has 0 radical (unpaired) electrons. The molecule has 8 heteroatoms. The second-order valence-electron chi connectivity index (χ2n) is 7.41. The quantitative estimate of drug-likeness (QED) is 0.611. The number of aliphatic hydroxyl groups is 1. The van der Waals surface area contributed by atoms with Gasteiger partial charge in [0.1, 0.15) is 18.2 Å². The van der Waals surface area contributed by atoms with Gasteiger partial charge in [0.15, 0.2) is 0 Å². The summed E-state index contributed by atoms with van der Waals surface area (Å²) < 4.78 is 15.2. The lowest BCUT2D eigenvalue weighted by Gasteiger charge is -2.26. The summed E-state index contributed by atoms with van der Waals surface area (Å²) in [6.45, 7) is 9.65. The molecule has 1 aromatic carbocycles. The first-order valence-corrected chi connectivity index (χ1v) is 10.4. The van der Waals surface area contributed by atoms with Crippen molar-refractivity contribution in [3.8, 4) is 22.8 Å². The van der Waals surface area contributed by atoms with E-state index in [2.05, 4.69) is 19.5 Å². The van der Waals surface area contributed by atoms with Gasteiger partial charge in [-0.15, -0.1) is 0 Å². The predicted octanol–water partition coefficient (Wildman–Crippen LogP) is 2.06. The molecule has 2 aromatic heterocycles. The van der Waals surface area contributed by atoms with Crippen LogP contribution in [0.15, 0.2) is 36.7 Å². The zero-order chi connectivity index (χ0) is 20.9. The van der Waals surface area contributed by atoms with Crippen molar-refractivity contribution < 1.29 is 14.6 Å². The van der Waals surface area contributed by atoms with E-state index in [-0.39, 0.29) is 6.61 Å². The van der Waals surface area contributed by atoms with Gasteiger partial charge in [-0.2, -0.15) is 5.10 Å². The Labute approximate surface area is 176 Å². The molecule has 1 saturated heterocycles. The Bertz CT molecular complexity index is 958. The molecule has 0 aliphatic carbocycles. The van der Waals surface area contributed by atoms with Gasteiger partial charge in [-0.1, -0.05) is 0 Å². The maximum atomic E-state index is 9.27. The molecule has 8 nitrogen and oxygen atoms in total. The van der Waals surface area contributed by atoms with Crippen LogP contribution in [0.25, 0.3) is 17.1 Å². The Hall–Kier alpha value is -2.68. The molecule has 0 saturated carbocycles. The van der Waals surface area contributed by atoms with E-state index in [4.69, 9.17) is 9.47 Å². The molecule has 0 bridgehead atoms. The molecule has 1 fully saturated rings. The number of aryl methyl sites for hydroxylation is 1. The topological polar surface area (TPSA) is 77.6 Å². The molecule has 1 aliphatic heterocycles. The number of nitrogens with zero attached hydrogens (tertiary/aromatic N) is 5. The highest BCUT2D eigenvalue weighted by Gasteiger charge is 2.17. The number of aromatic nitrogens is 4. The molecule has 160 valence electrons. The molecule has 1 aliphatic rings. The summed E-state index contributed by atoms with van der Waals surface area (Å²) in [5.41, 5.74) is 3.92. The Balaban J connectivity index is 1.46. The maximum Gasteiger partial charge on any atom is 0.144 e. The molecule has 1 N–H and O–H groups in total. The summed E-state index contributed by atoms with van der Waals surface area (Å²) in [7, 11) is 0. The first-order valence-electron chi connectivity index (χ1n) is 10.4. The van der Waals surface area contributed by atoms with E-state index in [0.717, 1.165) is 67.1 Å². The Kier molecular flexibility index (Phi) is 6.47. The highest BCUT2D eigenvalue weighted by molar-refractivity contribution is 5.61. The zero-order valence-corrected chi connectivity index (χ0v) is 17.6. The van der Waals surface area contributed by atoms with Crippen molar-refractivity contribution in [3.05, 3.63) is 48.0 Å².